The quantitative estimate of drug-likeness (QED) is 0.508. The van der Waals surface area contributed by atoms with E-state index < -0.39 is 22.6 Å². The third-order valence-corrected chi connectivity index (χ3v) is 5.37. The summed E-state index contributed by atoms with van der Waals surface area (Å²) in [4.78, 5) is 24.6. The van der Waals surface area contributed by atoms with Gasteiger partial charge in [0.15, 0.2) is 0 Å². The summed E-state index contributed by atoms with van der Waals surface area (Å²) in [6, 6.07) is 17.2. The van der Waals surface area contributed by atoms with E-state index in [-0.39, 0.29) is 17.2 Å². The Balaban J connectivity index is 1.99. The Hall–Kier alpha value is -3.85. The van der Waals surface area contributed by atoms with Gasteiger partial charge in [0.05, 0.1) is 11.4 Å². The highest BCUT2D eigenvalue weighted by molar-refractivity contribution is 7.74. The van der Waals surface area contributed by atoms with Gasteiger partial charge in [0.25, 0.3) is 5.91 Å². The van der Waals surface area contributed by atoms with Crippen LogP contribution in [0.5, 0.6) is 5.75 Å². The molecule has 0 spiro atoms. The first-order valence-corrected chi connectivity index (χ1v) is 10.2. The highest BCUT2D eigenvalue weighted by atomic mass is 32.2. The predicted octanol–water partition coefficient (Wildman–Crippen LogP) is 3.12. The van der Waals surface area contributed by atoms with Gasteiger partial charge in [-0.15, -0.1) is 0 Å². The third kappa shape index (κ3) is 4.67. The lowest BCUT2D eigenvalue weighted by Gasteiger charge is -2.19. The van der Waals surface area contributed by atoms with E-state index in [0.717, 1.165) is 27.6 Å². The molecule has 3 aromatic carbocycles. The standard InChI is InChI=1S/C22H20N2O6S/c1-23(2)21(26)15-8-6-14(7-9-15)16-4-3-5-17(12-16)24(31(29)30)18-10-11-19(22(27)28)20(25)13-18/h3-13,25,31H,1-2H3,(H,27,28). The van der Waals surface area contributed by atoms with Crippen LogP contribution in [0.25, 0.3) is 11.1 Å². The molecule has 0 bridgehead atoms. The largest absolute Gasteiger partial charge is 0.507 e. The van der Waals surface area contributed by atoms with Crippen LogP contribution in [0.1, 0.15) is 20.7 Å². The normalized spacial score (nSPS) is 10.7. The molecule has 0 aliphatic rings. The molecule has 0 atom stereocenters. The lowest BCUT2D eigenvalue weighted by molar-refractivity contribution is 0.0693. The second kappa shape index (κ2) is 8.88. The van der Waals surface area contributed by atoms with Crippen LogP contribution < -0.4 is 4.31 Å². The van der Waals surface area contributed by atoms with Gasteiger partial charge in [-0.25, -0.2) is 17.5 Å². The van der Waals surface area contributed by atoms with Crippen molar-refractivity contribution in [3.63, 3.8) is 0 Å². The molecule has 0 saturated carbocycles. The van der Waals surface area contributed by atoms with Crippen molar-refractivity contribution in [2.45, 2.75) is 0 Å². The molecule has 3 aromatic rings. The average Bonchev–Trinajstić information content (AvgIpc) is 2.73. The van der Waals surface area contributed by atoms with E-state index in [9.17, 15) is 23.1 Å². The van der Waals surface area contributed by atoms with Crippen molar-refractivity contribution in [3.05, 3.63) is 77.9 Å². The number of phenols is 1. The molecule has 3 rings (SSSR count). The Bertz CT molecular complexity index is 1210. The van der Waals surface area contributed by atoms with Crippen molar-refractivity contribution in [1.82, 2.24) is 4.90 Å². The minimum absolute atomic E-state index is 0.0997. The van der Waals surface area contributed by atoms with Crippen molar-refractivity contribution >= 4 is 34.1 Å². The molecule has 8 nitrogen and oxygen atoms in total. The Labute approximate surface area is 180 Å². The zero-order chi connectivity index (χ0) is 22.7. The van der Waals surface area contributed by atoms with Gasteiger partial charge in [0.2, 0.25) is 10.9 Å². The number of hydrogen-bond acceptors (Lipinski definition) is 5. The van der Waals surface area contributed by atoms with Crippen LogP contribution in [0.3, 0.4) is 0 Å². The molecule has 0 heterocycles. The molecule has 0 aromatic heterocycles. The van der Waals surface area contributed by atoms with Gasteiger partial charge in [-0.3, -0.25) is 4.79 Å². The number of aromatic carboxylic acids is 1. The first kappa shape index (κ1) is 21.8. The number of thiol groups is 1. The monoisotopic (exact) mass is 440 g/mol. The molecule has 2 N–H and O–H groups in total. The zero-order valence-electron chi connectivity index (χ0n) is 16.7. The molecule has 0 aliphatic carbocycles. The summed E-state index contributed by atoms with van der Waals surface area (Å²) in [5.74, 6) is -1.98. The van der Waals surface area contributed by atoms with Gasteiger partial charge in [-0.05, 0) is 47.5 Å². The van der Waals surface area contributed by atoms with Crippen molar-refractivity contribution in [2.24, 2.45) is 0 Å². The number of carbonyl (C=O) groups excluding carboxylic acids is 1. The van der Waals surface area contributed by atoms with E-state index in [2.05, 4.69) is 0 Å². The number of rotatable bonds is 6. The van der Waals surface area contributed by atoms with Crippen LogP contribution in [-0.4, -0.2) is 49.5 Å². The smallest absolute Gasteiger partial charge is 0.339 e. The molecule has 31 heavy (non-hydrogen) atoms. The van der Waals surface area contributed by atoms with Crippen molar-refractivity contribution in [2.75, 3.05) is 18.4 Å². The number of carbonyl (C=O) groups is 2. The van der Waals surface area contributed by atoms with Crippen LogP contribution in [0.15, 0.2) is 66.7 Å². The number of carboxylic acids is 1. The van der Waals surface area contributed by atoms with Gasteiger partial charge in [-0.1, -0.05) is 24.3 Å². The molecular formula is C22H20N2O6S. The van der Waals surface area contributed by atoms with E-state index in [1.165, 1.54) is 11.0 Å². The van der Waals surface area contributed by atoms with Crippen molar-refractivity contribution in [1.29, 1.82) is 0 Å². The maximum Gasteiger partial charge on any atom is 0.339 e. The van der Waals surface area contributed by atoms with Gasteiger partial charge >= 0.3 is 5.97 Å². The van der Waals surface area contributed by atoms with Crippen LogP contribution in [0, 0.1) is 0 Å². The molecule has 0 unspecified atom stereocenters. The van der Waals surface area contributed by atoms with Gasteiger partial charge < -0.3 is 15.1 Å². The van der Waals surface area contributed by atoms with Crippen LogP contribution in [-0.2, 0) is 10.9 Å². The van der Waals surface area contributed by atoms with E-state index >= 15 is 0 Å². The van der Waals surface area contributed by atoms with E-state index in [0.29, 0.717) is 11.3 Å². The fourth-order valence-corrected chi connectivity index (χ4v) is 3.68. The third-order valence-electron chi connectivity index (χ3n) is 4.58. The Morgan fingerprint density at radius 3 is 2.03 bits per heavy atom. The molecule has 0 fully saturated rings. The molecule has 160 valence electrons. The summed E-state index contributed by atoms with van der Waals surface area (Å²) < 4.78 is 24.9. The Morgan fingerprint density at radius 2 is 1.48 bits per heavy atom. The van der Waals surface area contributed by atoms with Gasteiger partial charge in [0.1, 0.15) is 11.3 Å². The predicted molar refractivity (Wildman–Crippen MR) is 117 cm³/mol. The summed E-state index contributed by atoms with van der Waals surface area (Å²) in [5, 5.41) is 19.0. The lowest BCUT2D eigenvalue weighted by atomic mass is 10.0. The number of aromatic hydroxyl groups is 1. The summed E-state index contributed by atoms with van der Waals surface area (Å²) in [7, 11) is 0.200. The number of carboxylic acid groups (broad SMARTS) is 1. The molecule has 1 amide bonds. The van der Waals surface area contributed by atoms with E-state index in [1.807, 2.05) is 0 Å². The average molecular weight is 440 g/mol. The maximum atomic E-state index is 12.1. The minimum Gasteiger partial charge on any atom is -0.507 e. The number of amides is 1. The van der Waals surface area contributed by atoms with E-state index in [4.69, 9.17) is 5.11 Å². The Morgan fingerprint density at radius 1 is 0.839 bits per heavy atom. The molecule has 0 saturated heterocycles. The summed E-state index contributed by atoms with van der Waals surface area (Å²) in [6.07, 6.45) is 0. The second-order valence-corrected chi connectivity index (χ2v) is 7.76. The first-order chi connectivity index (χ1) is 14.7. The maximum absolute atomic E-state index is 12.1. The number of nitrogens with zero attached hydrogens (tertiary/aromatic N) is 2. The minimum atomic E-state index is -3.13. The summed E-state index contributed by atoms with van der Waals surface area (Å²) in [5.41, 5.74) is 2.11. The number of hydrogen-bond donors (Lipinski definition) is 3. The number of anilines is 2. The highest BCUT2D eigenvalue weighted by Gasteiger charge is 2.17. The molecule has 0 aliphatic heterocycles. The second-order valence-electron chi connectivity index (χ2n) is 6.88. The number of benzene rings is 3. The topological polar surface area (TPSA) is 115 Å². The van der Waals surface area contributed by atoms with E-state index in [1.54, 1.807) is 62.6 Å². The molecule has 9 heteroatoms. The first-order valence-electron chi connectivity index (χ1n) is 9.12. The fourth-order valence-electron chi connectivity index (χ4n) is 3.05. The van der Waals surface area contributed by atoms with Gasteiger partial charge in [0, 0.05) is 25.7 Å². The van der Waals surface area contributed by atoms with Crippen LogP contribution in [0.4, 0.5) is 11.4 Å². The summed E-state index contributed by atoms with van der Waals surface area (Å²) >= 11 is 0. The van der Waals surface area contributed by atoms with Crippen molar-refractivity contribution in [3.8, 4) is 16.9 Å². The van der Waals surface area contributed by atoms with Gasteiger partial charge in [-0.2, -0.15) is 0 Å². The van der Waals surface area contributed by atoms with Crippen molar-refractivity contribution < 1.29 is 28.2 Å². The zero-order valence-corrected chi connectivity index (χ0v) is 17.6. The fraction of sp³-hybridized carbons (Fsp3) is 0.0909. The molecular weight excluding hydrogens is 420 g/mol. The molecule has 0 radical (unpaired) electrons. The lowest BCUT2D eigenvalue weighted by Crippen LogP contribution is -2.21. The highest BCUT2D eigenvalue weighted by Crippen LogP contribution is 2.33. The van der Waals surface area contributed by atoms with Crippen LogP contribution in [0.2, 0.25) is 0 Å². The Kier molecular flexibility index (Phi) is 6.26. The van der Waals surface area contributed by atoms with Crippen LogP contribution >= 0.6 is 0 Å². The summed E-state index contributed by atoms with van der Waals surface area (Å²) in [6.45, 7) is 0. The SMILES string of the molecule is CN(C)C(=O)c1ccc(-c2cccc(N(c3ccc(C(=O)O)c(O)c3)[SH](=O)=O)c2)cc1.